The van der Waals surface area contributed by atoms with Gasteiger partial charge in [0.1, 0.15) is 6.10 Å². The van der Waals surface area contributed by atoms with Gasteiger partial charge in [-0.1, -0.05) is 0 Å². The van der Waals surface area contributed by atoms with Gasteiger partial charge < -0.3 is 16.2 Å². The zero-order chi connectivity index (χ0) is 13.0. The molecule has 1 amide bonds. The largest absolute Gasteiger partial charge is 0.381 e. The number of carbonyl (C=O) groups excluding carboxylic acids is 1. The first-order valence-electron chi connectivity index (χ1n) is 4.43. The summed E-state index contributed by atoms with van der Waals surface area (Å²) in [5, 5.41) is 22.3. The number of pyridine rings is 1. The van der Waals surface area contributed by atoms with Crippen LogP contribution in [-0.4, -0.2) is 33.6 Å². The van der Waals surface area contributed by atoms with Crippen LogP contribution in [-0.2, 0) is 4.79 Å². The van der Waals surface area contributed by atoms with Gasteiger partial charge in [-0.25, -0.2) is 4.98 Å². The summed E-state index contributed by atoms with van der Waals surface area (Å²) in [5.41, 5.74) is 4.56. The minimum absolute atomic E-state index is 0.0431. The highest BCUT2D eigenvalue weighted by Crippen LogP contribution is 2.24. The van der Waals surface area contributed by atoms with Crippen molar-refractivity contribution >= 4 is 33.3 Å². The average molecular weight is 305 g/mol. The number of halogens is 1. The molecule has 1 rings (SSSR count). The Labute approximate surface area is 104 Å². The van der Waals surface area contributed by atoms with Crippen molar-refractivity contribution in [1.82, 2.24) is 4.98 Å². The molecule has 9 heteroatoms. The SMILES string of the molecule is NC(=O)C(O)CNc1ncc(Br)cc1[N+](=O)[O-]. The topological polar surface area (TPSA) is 131 Å². The number of nitrogens with zero attached hydrogens (tertiary/aromatic N) is 2. The minimum Gasteiger partial charge on any atom is -0.381 e. The average Bonchev–Trinajstić information content (AvgIpc) is 2.26. The minimum atomic E-state index is -1.43. The molecule has 0 aliphatic carbocycles. The van der Waals surface area contributed by atoms with Gasteiger partial charge in [-0.15, -0.1) is 0 Å². The normalized spacial score (nSPS) is 11.9. The summed E-state index contributed by atoms with van der Waals surface area (Å²) in [6.07, 6.45) is -0.0774. The van der Waals surface area contributed by atoms with Crippen molar-refractivity contribution in [3.8, 4) is 0 Å². The zero-order valence-electron chi connectivity index (χ0n) is 8.46. The van der Waals surface area contributed by atoms with E-state index in [2.05, 4.69) is 26.2 Å². The van der Waals surface area contributed by atoms with E-state index in [1.807, 2.05) is 0 Å². The highest BCUT2D eigenvalue weighted by Gasteiger charge is 2.18. The molecule has 0 aromatic carbocycles. The fraction of sp³-hybridized carbons (Fsp3) is 0.250. The molecule has 0 saturated heterocycles. The van der Waals surface area contributed by atoms with Gasteiger partial charge in [0.2, 0.25) is 11.7 Å². The molecule has 1 atom stereocenters. The van der Waals surface area contributed by atoms with E-state index in [-0.39, 0.29) is 18.1 Å². The van der Waals surface area contributed by atoms with Gasteiger partial charge in [0.15, 0.2) is 0 Å². The van der Waals surface area contributed by atoms with Crippen LogP contribution in [0.2, 0.25) is 0 Å². The molecule has 4 N–H and O–H groups in total. The quantitative estimate of drug-likeness (QED) is 0.518. The molecule has 1 unspecified atom stereocenters. The lowest BCUT2D eigenvalue weighted by Crippen LogP contribution is -2.34. The Morgan fingerprint density at radius 3 is 2.94 bits per heavy atom. The van der Waals surface area contributed by atoms with E-state index in [1.165, 1.54) is 12.3 Å². The van der Waals surface area contributed by atoms with Crippen LogP contribution in [0.15, 0.2) is 16.7 Å². The number of aromatic nitrogens is 1. The Morgan fingerprint density at radius 1 is 1.76 bits per heavy atom. The number of carbonyl (C=O) groups is 1. The lowest BCUT2D eigenvalue weighted by molar-refractivity contribution is -0.384. The molecule has 92 valence electrons. The Kier molecular flexibility index (Phi) is 4.35. The molecule has 8 nitrogen and oxygen atoms in total. The van der Waals surface area contributed by atoms with E-state index >= 15 is 0 Å². The third-order valence-electron chi connectivity index (χ3n) is 1.82. The predicted octanol–water partition coefficient (Wildman–Crippen LogP) is 0.0104. The van der Waals surface area contributed by atoms with Crippen molar-refractivity contribution < 1.29 is 14.8 Å². The standard InChI is InChI=1S/C8H9BrN4O4/c9-4-1-5(13(16)17)8(11-2-4)12-3-6(14)7(10)15/h1-2,6,14H,3H2,(H2,10,15)(H,11,12). The number of aliphatic hydroxyl groups is 1. The molecule has 0 spiro atoms. The highest BCUT2D eigenvalue weighted by atomic mass is 79.9. The molecule has 1 heterocycles. The summed E-state index contributed by atoms with van der Waals surface area (Å²) in [6, 6.07) is 1.26. The molecule has 0 bridgehead atoms. The van der Waals surface area contributed by atoms with Crippen LogP contribution < -0.4 is 11.1 Å². The Morgan fingerprint density at radius 2 is 2.41 bits per heavy atom. The zero-order valence-corrected chi connectivity index (χ0v) is 10.0. The number of aliphatic hydroxyl groups excluding tert-OH is 1. The first-order valence-corrected chi connectivity index (χ1v) is 5.22. The number of anilines is 1. The second-order valence-electron chi connectivity index (χ2n) is 3.08. The van der Waals surface area contributed by atoms with Crippen LogP contribution in [0, 0.1) is 10.1 Å². The van der Waals surface area contributed by atoms with Crippen LogP contribution in [0.1, 0.15) is 0 Å². The maximum atomic E-state index is 10.7. The third-order valence-corrected chi connectivity index (χ3v) is 2.26. The van der Waals surface area contributed by atoms with Crippen LogP contribution >= 0.6 is 15.9 Å². The van der Waals surface area contributed by atoms with Gasteiger partial charge in [0, 0.05) is 16.7 Å². The first-order chi connectivity index (χ1) is 7.91. The third kappa shape index (κ3) is 3.64. The fourth-order valence-electron chi connectivity index (χ4n) is 0.998. The molecule has 0 aliphatic rings. The number of amides is 1. The summed E-state index contributed by atoms with van der Waals surface area (Å²) in [6.45, 7) is -0.245. The lowest BCUT2D eigenvalue weighted by Gasteiger charge is -2.09. The second kappa shape index (κ2) is 5.55. The lowest BCUT2D eigenvalue weighted by atomic mass is 10.3. The molecular weight excluding hydrogens is 296 g/mol. The summed E-state index contributed by atoms with van der Waals surface area (Å²) in [4.78, 5) is 24.4. The number of hydrogen-bond acceptors (Lipinski definition) is 6. The van der Waals surface area contributed by atoms with Crippen LogP contribution in [0.25, 0.3) is 0 Å². The Balaban J connectivity index is 2.84. The van der Waals surface area contributed by atoms with Crippen LogP contribution in [0.4, 0.5) is 11.5 Å². The number of primary amides is 1. The summed E-state index contributed by atoms with van der Waals surface area (Å²) in [7, 11) is 0. The van der Waals surface area contributed by atoms with E-state index < -0.39 is 16.9 Å². The van der Waals surface area contributed by atoms with Gasteiger partial charge in [-0.2, -0.15) is 0 Å². The summed E-state index contributed by atoms with van der Waals surface area (Å²) < 4.78 is 0.449. The van der Waals surface area contributed by atoms with Gasteiger partial charge in [-0.05, 0) is 15.9 Å². The summed E-state index contributed by atoms with van der Waals surface area (Å²) in [5.74, 6) is -0.962. The van der Waals surface area contributed by atoms with Crippen LogP contribution in [0.3, 0.4) is 0 Å². The van der Waals surface area contributed by atoms with Gasteiger partial charge in [0.25, 0.3) is 0 Å². The summed E-state index contributed by atoms with van der Waals surface area (Å²) >= 11 is 3.05. The van der Waals surface area contributed by atoms with E-state index in [0.717, 1.165) is 0 Å². The number of hydrogen-bond donors (Lipinski definition) is 3. The van der Waals surface area contributed by atoms with Crippen molar-refractivity contribution in [2.45, 2.75) is 6.10 Å². The molecule has 0 aliphatic heterocycles. The first kappa shape index (κ1) is 13.3. The molecule has 17 heavy (non-hydrogen) atoms. The number of nitrogens with one attached hydrogen (secondary N) is 1. The number of rotatable bonds is 5. The maximum Gasteiger partial charge on any atom is 0.312 e. The molecule has 0 fully saturated rings. The Hall–Kier alpha value is -1.74. The molecule has 0 radical (unpaired) electrons. The number of nitro groups is 1. The van der Waals surface area contributed by atoms with E-state index in [4.69, 9.17) is 10.8 Å². The van der Waals surface area contributed by atoms with E-state index in [1.54, 1.807) is 0 Å². The monoisotopic (exact) mass is 304 g/mol. The Bertz CT molecular complexity index is 453. The second-order valence-corrected chi connectivity index (χ2v) is 3.99. The van der Waals surface area contributed by atoms with Crippen molar-refractivity contribution in [2.75, 3.05) is 11.9 Å². The van der Waals surface area contributed by atoms with Crippen LogP contribution in [0.5, 0.6) is 0 Å². The molecular formula is C8H9BrN4O4. The van der Waals surface area contributed by atoms with Gasteiger partial charge in [-0.3, -0.25) is 14.9 Å². The van der Waals surface area contributed by atoms with E-state index in [9.17, 15) is 14.9 Å². The molecule has 1 aromatic rings. The fourth-order valence-corrected chi connectivity index (χ4v) is 1.32. The predicted molar refractivity (Wildman–Crippen MR) is 62.3 cm³/mol. The van der Waals surface area contributed by atoms with Crippen molar-refractivity contribution in [3.05, 3.63) is 26.9 Å². The maximum absolute atomic E-state index is 10.7. The van der Waals surface area contributed by atoms with Crippen molar-refractivity contribution in [3.63, 3.8) is 0 Å². The highest BCUT2D eigenvalue weighted by molar-refractivity contribution is 9.10. The van der Waals surface area contributed by atoms with Gasteiger partial charge in [0.05, 0.1) is 11.5 Å². The van der Waals surface area contributed by atoms with E-state index in [0.29, 0.717) is 4.47 Å². The molecule has 1 aromatic heterocycles. The molecule has 0 saturated carbocycles. The number of nitrogens with two attached hydrogens (primary N) is 1. The van der Waals surface area contributed by atoms with Crippen molar-refractivity contribution in [2.24, 2.45) is 5.73 Å². The smallest absolute Gasteiger partial charge is 0.312 e. The van der Waals surface area contributed by atoms with Crippen molar-refractivity contribution in [1.29, 1.82) is 0 Å². The van der Waals surface area contributed by atoms with Gasteiger partial charge >= 0.3 is 5.69 Å².